The maximum Gasteiger partial charge on any atom is 0.269 e. The molecule has 0 spiro atoms. The van der Waals surface area contributed by atoms with Gasteiger partial charge in [0, 0.05) is 23.0 Å². The Kier molecular flexibility index (Phi) is 7.31. The number of ether oxygens (including phenoxy) is 1. The van der Waals surface area contributed by atoms with Gasteiger partial charge in [0.15, 0.2) is 0 Å². The summed E-state index contributed by atoms with van der Waals surface area (Å²) in [5.74, 6) is 1.55. The lowest BCUT2D eigenvalue weighted by atomic mass is 9.88. The first-order valence-corrected chi connectivity index (χ1v) is 21.0. The Morgan fingerprint density at radius 1 is 0.615 bits per heavy atom. The summed E-state index contributed by atoms with van der Waals surface area (Å²) in [5, 5.41) is 12.5. The van der Waals surface area contributed by atoms with E-state index in [9.17, 15) is 5.26 Å². The molecule has 6 heteroatoms. The molecule has 3 heterocycles. The molecule has 8 aromatic carbocycles. The predicted octanol–water partition coefficient (Wildman–Crippen LogP) is 14.2. The van der Waals surface area contributed by atoms with E-state index in [0.717, 1.165) is 44.3 Å². The predicted molar refractivity (Wildman–Crippen MR) is 262 cm³/mol. The average Bonchev–Trinajstić information content (AvgIpc) is 4.03. The van der Waals surface area contributed by atoms with Crippen LogP contribution in [0.15, 0.2) is 206 Å². The Morgan fingerprint density at radius 2 is 1.34 bits per heavy atom. The number of aromatic nitrogens is 4. The first-order valence-electron chi connectivity index (χ1n) is 26.0. The highest BCUT2D eigenvalue weighted by atomic mass is 16.5. The minimum absolute atomic E-state index is 0.111. The highest BCUT2D eigenvalue weighted by Gasteiger charge is 2.22. The van der Waals surface area contributed by atoms with Crippen LogP contribution in [-0.4, -0.2) is 14.1 Å². The number of para-hydroxylation sites is 3. The van der Waals surface area contributed by atoms with Crippen molar-refractivity contribution in [2.45, 2.75) is 26.2 Å². The molecule has 0 saturated carbocycles. The zero-order chi connectivity index (χ0) is 52.8. The Labute approximate surface area is 392 Å². The molecule has 0 unspecified atom stereocenters. The van der Waals surface area contributed by atoms with Crippen LogP contribution in [0.25, 0.3) is 83.4 Å². The zero-order valence-corrected chi connectivity index (χ0v) is 35.5. The SMILES string of the molecule is [2H]c1c([2H])c([2H])c(-c2cccc(-c3c([2H])c([2H])c([2H])c([2H])c3[2H])c2-[n+]2[c-]n(-c3cc(C#N)cc(Oc4ccc5c6cc(-c7ccccc7)ccc6n(-c6cc(C(C)(C)C)ccn6)c5c4)c3)c3ccccc32)c([2H])c1[2H]. The first-order chi connectivity index (χ1) is 35.9. The second-order valence-electron chi connectivity index (χ2n) is 16.7. The van der Waals surface area contributed by atoms with Crippen LogP contribution in [0.5, 0.6) is 11.5 Å². The van der Waals surface area contributed by atoms with Crippen molar-refractivity contribution in [3.8, 4) is 68.1 Å². The van der Waals surface area contributed by atoms with Crippen LogP contribution in [0.3, 0.4) is 0 Å². The molecule has 6 nitrogen and oxygen atoms in total. The van der Waals surface area contributed by atoms with Crippen molar-refractivity contribution in [2.75, 3.05) is 0 Å². The van der Waals surface area contributed by atoms with E-state index >= 15 is 0 Å². The van der Waals surface area contributed by atoms with Crippen LogP contribution in [0.2, 0.25) is 0 Å². The summed E-state index contributed by atoms with van der Waals surface area (Å²) < 4.78 is 99.4. The molecule has 11 rings (SSSR count). The van der Waals surface area contributed by atoms with Crippen molar-refractivity contribution in [1.29, 1.82) is 5.26 Å². The minimum Gasteiger partial charge on any atom is -0.458 e. The van der Waals surface area contributed by atoms with Gasteiger partial charge in [0.2, 0.25) is 0 Å². The molecule has 0 atom stereocenters. The lowest BCUT2D eigenvalue weighted by molar-refractivity contribution is -0.571. The largest absolute Gasteiger partial charge is 0.458 e. The maximum absolute atomic E-state index is 10.5. The van der Waals surface area contributed by atoms with E-state index in [1.807, 2.05) is 60.8 Å². The highest BCUT2D eigenvalue weighted by molar-refractivity contribution is 6.10. The summed E-state index contributed by atoms with van der Waals surface area (Å²) >= 11 is 0. The van der Waals surface area contributed by atoms with Gasteiger partial charge in [0.25, 0.3) is 6.33 Å². The topological polar surface area (TPSA) is 59.6 Å². The van der Waals surface area contributed by atoms with E-state index in [4.69, 9.17) is 23.4 Å². The number of nitrogens with zero attached hydrogens (tertiary/aromatic N) is 5. The van der Waals surface area contributed by atoms with Gasteiger partial charge in [0.1, 0.15) is 17.3 Å². The molecule has 0 bridgehead atoms. The van der Waals surface area contributed by atoms with Gasteiger partial charge in [-0.15, -0.1) is 0 Å². The molecule has 3 aromatic heterocycles. The summed E-state index contributed by atoms with van der Waals surface area (Å²) in [6, 6.07) is 40.3. The zero-order valence-electron chi connectivity index (χ0n) is 45.5. The van der Waals surface area contributed by atoms with Gasteiger partial charge in [0.05, 0.1) is 58.8 Å². The Morgan fingerprint density at radius 3 is 2.06 bits per heavy atom. The van der Waals surface area contributed by atoms with Gasteiger partial charge in [-0.25, -0.2) is 4.98 Å². The van der Waals surface area contributed by atoms with Crippen LogP contribution < -0.4 is 9.30 Å². The van der Waals surface area contributed by atoms with Gasteiger partial charge in [-0.3, -0.25) is 13.7 Å². The van der Waals surface area contributed by atoms with Crippen molar-refractivity contribution in [2.24, 2.45) is 0 Å². The van der Waals surface area contributed by atoms with E-state index < -0.39 is 60.4 Å². The Hall–Kier alpha value is -8.53. The van der Waals surface area contributed by atoms with Crippen molar-refractivity contribution in [3.05, 3.63) is 224 Å². The third-order valence-corrected chi connectivity index (χ3v) is 11.6. The van der Waals surface area contributed by atoms with E-state index in [2.05, 4.69) is 74.1 Å². The number of hydrogen-bond acceptors (Lipinski definition) is 3. The molecular formula is C59H43N5O. The molecular weight excluding hydrogens is 795 g/mol. The molecule has 11 aromatic rings. The summed E-state index contributed by atoms with van der Waals surface area (Å²) in [5.41, 5.74) is 6.67. The number of hydrogen-bond donors (Lipinski definition) is 0. The molecule has 0 aliphatic rings. The molecule has 0 amide bonds. The third-order valence-electron chi connectivity index (χ3n) is 11.6. The summed E-state index contributed by atoms with van der Waals surface area (Å²) in [6.07, 6.45) is 5.22. The molecule has 0 N–H and O–H groups in total. The fourth-order valence-corrected chi connectivity index (χ4v) is 8.47. The van der Waals surface area contributed by atoms with Crippen molar-refractivity contribution in [1.82, 2.24) is 14.1 Å². The van der Waals surface area contributed by atoms with Crippen LogP contribution >= 0.6 is 0 Å². The quantitative estimate of drug-likeness (QED) is 0.113. The molecule has 0 aliphatic heterocycles. The van der Waals surface area contributed by atoms with Crippen LogP contribution in [-0.2, 0) is 5.41 Å². The maximum atomic E-state index is 10.5. The first kappa shape index (κ1) is 29.7. The highest BCUT2D eigenvalue weighted by Crippen LogP contribution is 2.39. The lowest BCUT2D eigenvalue weighted by Gasteiger charge is -2.20. The van der Waals surface area contributed by atoms with Crippen LogP contribution in [0, 0.1) is 17.7 Å². The molecule has 310 valence electrons. The minimum atomic E-state index is -0.592. The van der Waals surface area contributed by atoms with E-state index in [1.54, 1.807) is 57.7 Å². The second-order valence-corrected chi connectivity index (χ2v) is 16.7. The molecule has 0 radical (unpaired) electrons. The fourth-order valence-electron chi connectivity index (χ4n) is 8.47. The third kappa shape index (κ3) is 7.19. The van der Waals surface area contributed by atoms with Gasteiger partial charge < -0.3 is 4.74 Å². The normalized spacial score (nSPS) is 13.8. The molecule has 0 aliphatic carbocycles. The van der Waals surface area contributed by atoms with Crippen molar-refractivity contribution in [3.63, 3.8) is 0 Å². The average molecular weight is 848 g/mol. The van der Waals surface area contributed by atoms with Gasteiger partial charge in [-0.1, -0.05) is 160 Å². The summed E-state index contributed by atoms with van der Waals surface area (Å²) in [4.78, 5) is 4.88. The Balaban J connectivity index is 1.10. The number of rotatable bonds is 8. The molecule has 0 fully saturated rings. The van der Waals surface area contributed by atoms with Crippen LogP contribution in [0.1, 0.15) is 45.6 Å². The van der Waals surface area contributed by atoms with Crippen molar-refractivity contribution >= 4 is 32.8 Å². The van der Waals surface area contributed by atoms with E-state index in [-0.39, 0.29) is 38.9 Å². The number of benzene rings is 8. The number of fused-ring (bicyclic) bond motifs is 4. The molecule has 65 heavy (non-hydrogen) atoms. The number of pyridine rings is 1. The van der Waals surface area contributed by atoms with E-state index in [0.29, 0.717) is 28.2 Å². The Bertz CT molecular complexity index is 4090. The number of imidazole rings is 1. The van der Waals surface area contributed by atoms with Crippen LogP contribution in [0.4, 0.5) is 0 Å². The smallest absolute Gasteiger partial charge is 0.269 e. The monoisotopic (exact) mass is 847 g/mol. The standard InChI is InChI=1S/C59H43N5O/c1-59(2,3)45-30-31-61-57(35-45)64-53-29-26-44(41-16-7-4-8-17-41)34-52(53)51-28-27-47(37-56(51)64)65-48-33-40(38-60)32-46(36-48)62-39-63(55-25-14-13-24-54(55)62)58-49(42-18-9-5-10-19-42)22-15-23-50(58)43-20-11-6-12-21-43/h4-37H,1-3H3/i5D,6D,9D,10D,11D,12D,18D,19D,20D,21D. The van der Waals surface area contributed by atoms with Gasteiger partial charge >= 0.3 is 0 Å². The van der Waals surface area contributed by atoms with Gasteiger partial charge in [-0.2, -0.15) is 5.26 Å². The van der Waals surface area contributed by atoms with Crippen molar-refractivity contribution < 1.29 is 23.0 Å². The summed E-state index contributed by atoms with van der Waals surface area (Å²) in [7, 11) is 0. The number of nitriles is 1. The fraction of sp³-hybridized carbons (Fsp3) is 0.0678. The van der Waals surface area contributed by atoms with Gasteiger partial charge in [-0.05, 0) is 99.0 Å². The lowest BCUT2D eigenvalue weighted by Crippen LogP contribution is -2.31. The van der Waals surface area contributed by atoms with E-state index in [1.165, 1.54) is 0 Å². The molecule has 0 saturated heterocycles. The second kappa shape index (κ2) is 16.0. The summed E-state index contributed by atoms with van der Waals surface area (Å²) in [6.45, 7) is 6.50.